The zero-order valence-electron chi connectivity index (χ0n) is 22.2. The SMILES string of the molecule is CCCc1cc(Cl)ccc1C1COc2ccc3cc2N(CCC/C=C/CCN(C)C(=O)C[C@@]3(O)C(=O)O)C1. The summed E-state index contributed by atoms with van der Waals surface area (Å²) in [5, 5.41) is 22.1. The van der Waals surface area contributed by atoms with Crippen molar-refractivity contribution in [2.24, 2.45) is 0 Å². The summed E-state index contributed by atoms with van der Waals surface area (Å²) in [6, 6.07) is 11.0. The molecule has 0 saturated carbocycles. The number of carboxylic acids is 1. The van der Waals surface area contributed by atoms with Crippen molar-refractivity contribution < 1.29 is 24.5 Å². The molecule has 8 heteroatoms. The van der Waals surface area contributed by atoms with Gasteiger partial charge in [0.05, 0.1) is 18.7 Å². The third-order valence-electron chi connectivity index (χ3n) is 7.51. The van der Waals surface area contributed by atoms with Crippen molar-refractivity contribution in [1.29, 1.82) is 0 Å². The largest absolute Gasteiger partial charge is 0.491 e. The number of nitrogens with zero attached hydrogens (tertiary/aromatic N) is 2. The normalized spacial score (nSPS) is 23.6. The zero-order chi connectivity index (χ0) is 27.3. The van der Waals surface area contributed by atoms with Gasteiger partial charge < -0.3 is 24.7 Å². The van der Waals surface area contributed by atoms with Crippen LogP contribution in [0.25, 0.3) is 0 Å². The highest BCUT2D eigenvalue weighted by Crippen LogP contribution is 2.40. The standard InChI is InChI=1S/C30H37ClN2O5/c1-3-9-21-16-24(31)11-12-25(21)22-19-33-15-8-6-4-5-7-14-32(2)28(34)18-30(37,29(35)36)23-10-13-27(38-20-22)26(33)17-23/h4-5,10-13,16-17,22,37H,3,6-9,14-15,18-20H2,1-2H3,(H,35,36)/b5-4+/t22?,30-/m0/s1. The molecule has 2 N–H and O–H groups in total. The molecule has 2 aliphatic rings. The van der Waals surface area contributed by atoms with E-state index in [1.807, 2.05) is 12.1 Å². The molecule has 2 aromatic rings. The molecule has 2 atom stereocenters. The smallest absolute Gasteiger partial charge is 0.340 e. The van der Waals surface area contributed by atoms with E-state index in [-0.39, 0.29) is 11.5 Å². The Kier molecular flexibility index (Phi) is 9.00. The van der Waals surface area contributed by atoms with E-state index in [0.29, 0.717) is 36.9 Å². The number of ether oxygens (including phenoxy) is 1. The molecule has 0 aliphatic carbocycles. The molecule has 2 aliphatic heterocycles. The number of carboxylic acid groups (broad SMARTS) is 1. The lowest BCUT2D eigenvalue weighted by molar-refractivity contribution is -0.164. The third-order valence-corrected chi connectivity index (χ3v) is 7.74. The molecule has 0 spiro atoms. The van der Waals surface area contributed by atoms with Crippen LogP contribution < -0.4 is 9.64 Å². The minimum Gasteiger partial charge on any atom is -0.491 e. The van der Waals surface area contributed by atoms with Crippen molar-refractivity contribution in [3.63, 3.8) is 0 Å². The summed E-state index contributed by atoms with van der Waals surface area (Å²) >= 11 is 6.32. The molecule has 0 saturated heterocycles. The van der Waals surface area contributed by atoms with Crippen LogP contribution in [0.15, 0.2) is 48.6 Å². The number of allylic oxidation sites excluding steroid dienone is 1. The van der Waals surface area contributed by atoms with Crippen LogP contribution in [0.2, 0.25) is 5.02 Å². The van der Waals surface area contributed by atoms with Crippen molar-refractivity contribution in [2.75, 3.05) is 38.2 Å². The van der Waals surface area contributed by atoms with Crippen LogP contribution in [0.5, 0.6) is 5.75 Å². The van der Waals surface area contributed by atoms with Crippen molar-refractivity contribution in [3.8, 4) is 5.75 Å². The molecule has 2 heterocycles. The summed E-state index contributed by atoms with van der Waals surface area (Å²) in [4.78, 5) is 28.9. The lowest BCUT2D eigenvalue weighted by atomic mass is 9.89. The van der Waals surface area contributed by atoms with Gasteiger partial charge in [-0.15, -0.1) is 0 Å². The second-order valence-corrected chi connectivity index (χ2v) is 10.7. The predicted octanol–water partition coefficient (Wildman–Crippen LogP) is 5.14. The van der Waals surface area contributed by atoms with Crippen LogP contribution >= 0.6 is 11.6 Å². The monoisotopic (exact) mass is 540 g/mol. The number of hydrogen-bond donors (Lipinski definition) is 2. The van der Waals surface area contributed by atoms with E-state index in [4.69, 9.17) is 16.3 Å². The number of benzene rings is 2. The molecular formula is C30H37ClN2O5. The van der Waals surface area contributed by atoms with E-state index in [2.05, 4.69) is 30.0 Å². The molecule has 38 heavy (non-hydrogen) atoms. The first kappa shape index (κ1) is 28.0. The second-order valence-electron chi connectivity index (χ2n) is 10.3. The topological polar surface area (TPSA) is 90.3 Å². The fraction of sp³-hybridized carbons (Fsp3) is 0.467. The van der Waals surface area contributed by atoms with Gasteiger partial charge in [-0.25, -0.2) is 4.79 Å². The van der Waals surface area contributed by atoms with Gasteiger partial charge in [0, 0.05) is 37.6 Å². The minimum absolute atomic E-state index is 0.0795. The molecule has 7 nitrogen and oxygen atoms in total. The van der Waals surface area contributed by atoms with E-state index in [1.54, 1.807) is 25.2 Å². The lowest BCUT2D eigenvalue weighted by Crippen LogP contribution is -2.42. The Bertz CT molecular complexity index is 1200. The predicted molar refractivity (Wildman–Crippen MR) is 149 cm³/mol. The van der Waals surface area contributed by atoms with Gasteiger partial charge in [-0.05, 0) is 66.6 Å². The van der Waals surface area contributed by atoms with Gasteiger partial charge in [0.2, 0.25) is 5.91 Å². The first-order valence-corrected chi connectivity index (χ1v) is 13.8. The number of aliphatic hydroxyl groups is 1. The molecule has 204 valence electrons. The maximum atomic E-state index is 12.9. The molecule has 2 aromatic carbocycles. The highest BCUT2D eigenvalue weighted by Gasteiger charge is 2.42. The Morgan fingerprint density at radius 3 is 2.71 bits per heavy atom. The third kappa shape index (κ3) is 6.16. The molecule has 1 amide bonds. The summed E-state index contributed by atoms with van der Waals surface area (Å²) in [5.74, 6) is -1.16. The lowest BCUT2D eigenvalue weighted by Gasteiger charge is -2.30. The highest BCUT2D eigenvalue weighted by atomic mass is 35.5. The van der Waals surface area contributed by atoms with Crippen LogP contribution in [0.1, 0.15) is 61.6 Å². The molecule has 2 bridgehead atoms. The van der Waals surface area contributed by atoms with Crippen molar-refractivity contribution in [3.05, 3.63) is 70.3 Å². The average molecular weight is 541 g/mol. The number of carbonyl (C=O) groups excluding carboxylic acids is 1. The van der Waals surface area contributed by atoms with E-state index in [0.717, 1.165) is 37.9 Å². The number of rotatable bonds is 4. The Balaban J connectivity index is 1.76. The Morgan fingerprint density at radius 1 is 1.16 bits per heavy atom. The number of halogens is 1. The van der Waals surface area contributed by atoms with Gasteiger partial charge in [0.15, 0.2) is 5.60 Å². The highest BCUT2D eigenvalue weighted by molar-refractivity contribution is 6.30. The number of aryl methyl sites for hydroxylation is 1. The quantitative estimate of drug-likeness (QED) is 0.522. The Labute approximate surface area is 229 Å². The molecule has 0 fully saturated rings. The minimum atomic E-state index is -2.35. The molecule has 0 aromatic heterocycles. The average Bonchev–Trinajstić information content (AvgIpc) is 3.06. The Morgan fingerprint density at radius 2 is 1.95 bits per heavy atom. The van der Waals surface area contributed by atoms with Crippen LogP contribution in [-0.2, 0) is 21.6 Å². The fourth-order valence-corrected chi connectivity index (χ4v) is 5.49. The van der Waals surface area contributed by atoms with Gasteiger partial charge in [-0.1, -0.05) is 49.2 Å². The van der Waals surface area contributed by atoms with E-state index in [1.165, 1.54) is 16.0 Å². The number of fused-ring (bicyclic) bond motifs is 1. The summed E-state index contributed by atoms with van der Waals surface area (Å²) in [6.07, 6.45) is 8.01. The fourth-order valence-electron chi connectivity index (χ4n) is 5.29. The zero-order valence-corrected chi connectivity index (χ0v) is 22.9. The number of carbonyl (C=O) groups is 2. The second kappa shape index (κ2) is 12.2. The van der Waals surface area contributed by atoms with Gasteiger partial charge in [0.1, 0.15) is 5.75 Å². The number of hydrogen-bond acceptors (Lipinski definition) is 5. The van der Waals surface area contributed by atoms with E-state index in [9.17, 15) is 19.8 Å². The molecule has 0 radical (unpaired) electrons. The first-order chi connectivity index (χ1) is 18.2. The van der Waals surface area contributed by atoms with Crippen LogP contribution in [0, 0.1) is 0 Å². The summed E-state index contributed by atoms with van der Waals surface area (Å²) in [6.45, 7) is 4.48. The number of anilines is 1. The van der Waals surface area contributed by atoms with Gasteiger partial charge in [-0.3, -0.25) is 4.79 Å². The van der Waals surface area contributed by atoms with Crippen LogP contribution in [-0.4, -0.2) is 60.3 Å². The van der Waals surface area contributed by atoms with Crippen LogP contribution in [0.3, 0.4) is 0 Å². The Hall–Kier alpha value is -3.03. The number of amides is 1. The van der Waals surface area contributed by atoms with Crippen molar-refractivity contribution in [2.45, 2.75) is 57.0 Å². The van der Waals surface area contributed by atoms with Crippen molar-refractivity contribution >= 4 is 29.2 Å². The maximum absolute atomic E-state index is 12.9. The maximum Gasteiger partial charge on any atom is 0.340 e. The molecule has 4 rings (SSSR count). The first-order valence-electron chi connectivity index (χ1n) is 13.4. The summed E-state index contributed by atoms with van der Waals surface area (Å²) in [5.41, 5.74) is 0.970. The van der Waals surface area contributed by atoms with Crippen LogP contribution in [0.4, 0.5) is 5.69 Å². The van der Waals surface area contributed by atoms with E-state index < -0.39 is 23.9 Å². The molecule has 1 unspecified atom stereocenters. The number of aliphatic carboxylic acids is 1. The van der Waals surface area contributed by atoms with Crippen molar-refractivity contribution in [1.82, 2.24) is 4.90 Å². The van der Waals surface area contributed by atoms with Gasteiger partial charge in [0.25, 0.3) is 0 Å². The molecular weight excluding hydrogens is 504 g/mol. The van der Waals surface area contributed by atoms with E-state index >= 15 is 0 Å². The van der Waals surface area contributed by atoms with Gasteiger partial charge in [-0.2, -0.15) is 0 Å². The van der Waals surface area contributed by atoms with Gasteiger partial charge >= 0.3 is 5.97 Å². The summed E-state index contributed by atoms with van der Waals surface area (Å²) in [7, 11) is 1.63. The summed E-state index contributed by atoms with van der Waals surface area (Å²) < 4.78 is 6.30.